The Morgan fingerprint density at radius 3 is 1.31 bits per heavy atom. The summed E-state index contributed by atoms with van der Waals surface area (Å²) in [7, 11) is 0. The molecule has 0 aromatic carbocycles. The molecule has 0 radical (unpaired) electrons. The Labute approximate surface area is 525 Å². The molecule has 0 bridgehead atoms. The van der Waals surface area contributed by atoms with Gasteiger partial charge in [0.2, 0.25) is 0 Å². The Bertz CT molecular complexity index is 3300. The van der Waals surface area contributed by atoms with Gasteiger partial charge in [0.25, 0.3) is 16.7 Å². The number of likely N-dealkylation sites (tertiary alicyclic amines) is 2. The molecule has 0 saturated carbocycles. The molecule has 6 fully saturated rings. The van der Waals surface area contributed by atoms with Crippen LogP contribution in [0.15, 0.2) is 48.4 Å². The number of carbonyl (C=O) groups excluding carboxylic acids is 2. The van der Waals surface area contributed by atoms with E-state index >= 15 is 0 Å². The lowest BCUT2D eigenvalue weighted by Crippen LogP contribution is -2.35. The van der Waals surface area contributed by atoms with Gasteiger partial charge in [-0.05, 0) is 136 Å². The highest BCUT2D eigenvalue weighted by molar-refractivity contribution is 9.10. The fourth-order valence-electron chi connectivity index (χ4n) is 12.5. The molecule has 6 atom stereocenters. The molecule has 2 amide bonds. The van der Waals surface area contributed by atoms with Crippen molar-refractivity contribution in [2.75, 3.05) is 78.9 Å². The van der Waals surface area contributed by atoms with E-state index in [0.717, 1.165) is 99.4 Å². The lowest BCUT2D eigenvalue weighted by atomic mass is 9.95. The lowest BCUT2D eigenvalue weighted by molar-refractivity contribution is 0.0277. The number of imidazole rings is 3. The largest absolute Gasteiger partial charge is 0.444 e. The molecule has 0 aliphatic carbocycles. The van der Waals surface area contributed by atoms with E-state index in [1.54, 1.807) is 16.0 Å². The SMILES string of the molecule is C.C[C@@H]1CN(C(=O)OC(C)(C)C)C[C@H]1c1cn2c(C3CCOCC3)nc(Br)c2c(=O)[nH]1.C[C@@H]1CN(C(=O)OC(C)(C)C)C[C@H]1c1cn2c(C3CCOCC3)nc(Br)c2c(=O)[nH]1.C[C@@H]1CNC[C@H]1c1cn2c(C3CCOCC3)ncc2c(=O)[nH]1.Cl.Cl. The summed E-state index contributed by atoms with van der Waals surface area (Å²) in [5.41, 5.74) is 2.90. The summed E-state index contributed by atoms with van der Waals surface area (Å²) in [4.78, 5) is 89.7. The summed E-state index contributed by atoms with van der Waals surface area (Å²) in [5, 5.41) is 3.40. The maximum absolute atomic E-state index is 12.9. The number of nitrogens with zero attached hydrogens (tertiary/aromatic N) is 8. The lowest BCUT2D eigenvalue weighted by Gasteiger charge is -2.24. The van der Waals surface area contributed by atoms with Gasteiger partial charge in [0.1, 0.15) is 54.4 Å². The predicted molar refractivity (Wildman–Crippen MR) is 337 cm³/mol. The van der Waals surface area contributed by atoms with E-state index in [1.165, 1.54) is 0 Å². The van der Waals surface area contributed by atoms with Crippen LogP contribution in [0.1, 0.15) is 178 Å². The molecule has 6 aliphatic heterocycles. The quantitative estimate of drug-likeness (QED) is 0.121. The second-order valence-corrected chi connectivity index (χ2v) is 26.8. The monoisotopic (exact) mass is 1350 g/mol. The van der Waals surface area contributed by atoms with Crippen LogP contribution >= 0.6 is 56.7 Å². The number of H-pyrrole nitrogens is 3. The molecule has 6 aromatic heterocycles. The highest BCUT2D eigenvalue weighted by atomic mass is 79.9. The second kappa shape index (κ2) is 28.1. The van der Waals surface area contributed by atoms with Gasteiger partial charge in [0, 0.05) is 144 Å². The summed E-state index contributed by atoms with van der Waals surface area (Å²) < 4.78 is 34.5. The molecule has 12 rings (SSSR count). The van der Waals surface area contributed by atoms with Crippen LogP contribution in [0.3, 0.4) is 0 Å². The molecule has 6 aromatic rings. The van der Waals surface area contributed by atoms with Crippen LogP contribution in [-0.2, 0) is 23.7 Å². The molecule has 4 N–H and O–H groups in total. The highest BCUT2D eigenvalue weighted by Gasteiger charge is 2.39. The Morgan fingerprint density at radius 2 is 0.918 bits per heavy atom. The van der Waals surface area contributed by atoms with Gasteiger partial charge < -0.3 is 53.8 Å². The van der Waals surface area contributed by atoms with E-state index < -0.39 is 11.2 Å². The third-order valence-electron chi connectivity index (χ3n) is 16.9. The molecule has 6 aliphatic rings. The third kappa shape index (κ3) is 15.2. The number of aromatic nitrogens is 9. The zero-order valence-electron chi connectivity index (χ0n) is 49.5. The van der Waals surface area contributed by atoms with E-state index in [9.17, 15) is 24.0 Å². The van der Waals surface area contributed by atoms with E-state index in [1.807, 2.05) is 67.1 Å². The van der Waals surface area contributed by atoms with Crippen molar-refractivity contribution in [1.82, 2.24) is 58.2 Å². The van der Waals surface area contributed by atoms with E-state index in [-0.39, 0.29) is 96.6 Å². The molecule has 0 spiro atoms. The third-order valence-corrected chi connectivity index (χ3v) is 18.0. The zero-order chi connectivity index (χ0) is 58.4. The Hall–Kier alpha value is -4.82. The maximum Gasteiger partial charge on any atom is 0.410 e. The Morgan fingerprint density at radius 1 is 0.541 bits per heavy atom. The molecule has 26 heteroatoms. The van der Waals surface area contributed by atoms with E-state index in [0.29, 0.717) is 96.1 Å². The van der Waals surface area contributed by atoms with Gasteiger partial charge in [-0.25, -0.2) is 24.5 Å². The first-order valence-corrected chi connectivity index (χ1v) is 30.7. The molecule has 85 heavy (non-hydrogen) atoms. The summed E-state index contributed by atoms with van der Waals surface area (Å²) in [6, 6.07) is 0. The number of halogens is 4. The molecule has 0 unspecified atom stereocenters. The van der Waals surface area contributed by atoms with Crippen LogP contribution in [0.5, 0.6) is 0 Å². The number of hydrogen-bond acceptors (Lipinski definition) is 14. The molecule has 470 valence electrons. The smallest absolute Gasteiger partial charge is 0.410 e. The van der Waals surface area contributed by atoms with Crippen molar-refractivity contribution in [1.29, 1.82) is 0 Å². The van der Waals surface area contributed by atoms with Crippen LogP contribution in [0, 0.1) is 17.8 Å². The number of nitrogens with one attached hydrogen (secondary N) is 4. The van der Waals surface area contributed by atoms with Crippen LogP contribution < -0.4 is 22.0 Å². The molecule has 6 saturated heterocycles. The number of aromatic amines is 3. The average Bonchev–Trinajstić information content (AvgIpc) is 2.79. The van der Waals surface area contributed by atoms with Crippen molar-refractivity contribution in [3.8, 4) is 0 Å². The number of ether oxygens (including phenoxy) is 5. The van der Waals surface area contributed by atoms with Crippen molar-refractivity contribution in [3.63, 3.8) is 0 Å². The van der Waals surface area contributed by atoms with Gasteiger partial charge in [-0.1, -0.05) is 28.2 Å². The Kier molecular flexibility index (Phi) is 22.4. The molecular weight excluding hydrogens is 1270 g/mol. The van der Waals surface area contributed by atoms with E-state index in [4.69, 9.17) is 23.7 Å². The fourth-order valence-corrected chi connectivity index (χ4v) is 13.6. The zero-order valence-corrected chi connectivity index (χ0v) is 54.3. The first-order chi connectivity index (χ1) is 39.0. The number of carbonyl (C=O) groups is 2. The fraction of sp³-hybridized carbons (Fsp3) is 0.661. The first kappa shape index (κ1) is 67.7. The summed E-state index contributed by atoms with van der Waals surface area (Å²) in [6.07, 6.45) is 12.6. The number of hydrogen-bond donors (Lipinski definition) is 4. The molecular formula is C59H86Br2Cl2N12O10. The summed E-state index contributed by atoms with van der Waals surface area (Å²) in [6.45, 7) is 26.1. The van der Waals surface area contributed by atoms with Gasteiger partial charge >= 0.3 is 12.2 Å². The second-order valence-electron chi connectivity index (χ2n) is 25.3. The van der Waals surface area contributed by atoms with Crippen LogP contribution in [0.25, 0.3) is 16.6 Å². The van der Waals surface area contributed by atoms with Crippen LogP contribution in [0.2, 0.25) is 0 Å². The van der Waals surface area contributed by atoms with Crippen molar-refractivity contribution in [2.24, 2.45) is 17.8 Å². The van der Waals surface area contributed by atoms with Crippen LogP contribution in [-0.4, -0.2) is 155 Å². The molecule has 12 heterocycles. The maximum atomic E-state index is 12.9. The first-order valence-electron chi connectivity index (χ1n) is 29.1. The van der Waals surface area contributed by atoms with Crippen molar-refractivity contribution in [2.45, 2.75) is 155 Å². The normalized spacial score (nSPS) is 23.4. The summed E-state index contributed by atoms with van der Waals surface area (Å²) in [5.74, 6) is 5.02. The number of amides is 2. The average molecular weight is 1350 g/mol. The minimum absolute atomic E-state index is 0. The van der Waals surface area contributed by atoms with Crippen molar-refractivity contribution < 1.29 is 33.3 Å². The van der Waals surface area contributed by atoms with E-state index in [2.05, 4.69) is 94.0 Å². The number of fused-ring (bicyclic) bond motifs is 3. The van der Waals surface area contributed by atoms with Crippen LogP contribution in [0.4, 0.5) is 9.59 Å². The summed E-state index contributed by atoms with van der Waals surface area (Å²) >= 11 is 6.92. The minimum Gasteiger partial charge on any atom is -0.444 e. The van der Waals surface area contributed by atoms with Gasteiger partial charge in [-0.15, -0.1) is 24.8 Å². The Balaban J connectivity index is 0.000000182. The predicted octanol–water partition coefficient (Wildman–Crippen LogP) is 10.0. The minimum atomic E-state index is -0.534. The standard InChI is InChI=1S/2C21H29BrN4O4.C16H22N4O2.CH4.2ClH/c2*1-12-9-25(20(28)30-21(2,3)4)10-14(12)15-11-26-16(19(27)23-15)17(22)24-18(26)13-5-7-29-8-6-13;1-10-6-17-7-12(10)13-9-20-14(16(21)19-13)8-18-15(20)11-2-4-22-5-3-11;;;/h2*11-14H,5-10H2,1-4H3,(H,23,27);8-12,17H,2-7H2,1H3,(H,19,21);1H4;2*1H/t2*12-,14-;10-,12-;;;/m111.../s1. The van der Waals surface area contributed by atoms with Gasteiger partial charge in [0.15, 0.2) is 0 Å². The van der Waals surface area contributed by atoms with Crippen molar-refractivity contribution >= 4 is 85.4 Å². The van der Waals surface area contributed by atoms with Gasteiger partial charge in [-0.3, -0.25) is 27.6 Å². The molecule has 22 nitrogen and oxygen atoms in total. The van der Waals surface area contributed by atoms with Crippen molar-refractivity contribution in [3.05, 3.63) is 99.6 Å². The topological polar surface area (TPSA) is 249 Å². The number of rotatable bonds is 6. The van der Waals surface area contributed by atoms with Gasteiger partial charge in [-0.2, -0.15) is 0 Å². The highest BCUT2D eigenvalue weighted by Crippen LogP contribution is 2.37. The van der Waals surface area contributed by atoms with Gasteiger partial charge in [0.05, 0.1) is 6.20 Å².